The second-order valence-corrected chi connectivity index (χ2v) is 6.99. The lowest BCUT2D eigenvalue weighted by Gasteiger charge is -2.34. The van der Waals surface area contributed by atoms with Crippen LogP contribution >= 0.6 is 0 Å². The van der Waals surface area contributed by atoms with Gasteiger partial charge >= 0.3 is 6.03 Å². The van der Waals surface area contributed by atoms with Crippen LogP contribution in [-0.2, 0) is 0 Å². The van der Waals surface area contributed by atoms with Crippen molar-refractivity contribution in [1.82, 2.24) is 20.0 Å². The monoisotopic (exact) mass is 314 g/mol. The van der Waals surface area contributed by atoms with E-state index in [1.807, 2.05) is 13.8 Å². The van der Waals surface area contributed by atoms with Gasteiger partial charge in [0.25, 0.3) is 0 Å². The SMILES string of the molecule is CC(O)CN(C(=O)NCC(C)CN1CCN(C)CC1)C(C)C. The standard InChI is InChI=1S/C16H34N4O2/c1-13(2)20(12-15(4)21)16(22)17-10-14(3)11-19-8-6-18(5)7-9-19/h13-15,21H,6-12H2,1-5H3,(H,17,22). The van der Waals surface area contributed by atoms with Crippen molar-refractivity contribution in [2.45, 2.75) is 39.8 Å². The Morgan fingerprint density at radius 3 is 2.27 bits per heavy atom. The number of aliphatic hydroxyl groups excluding tert-OH is 1. The summed E-state index contributed by atoms with van der Waals surface area (Å²) in [6, 6.07) is 0.00339. The highest BCUT2D eigenvalue weighted by Crippen LogP contribution is 2.05. The van der Waals surface area contributed by atoms with Crippen molar-refractivity contribution >= 4 is 6.03 Å². The molecule has 2 N–H and O–H groups in total. The molecule has 2 atom stereocenters. The zero-order chi connectivity index (χ0) is 16.7. The third-order valence-corrected chi connectivity index (χ3v) is 4.11. The minimum Gasteiger partial charge on any atom is -0.392 e. The number of urea groups is 1. The minimum atomic E-state index is -0.504. The molecule has 0 aromatic heterocycles. The molecule has 0 aromatic carbocycles. The Kier molecular flexibility index (Phi) is 8.14. The van der Waals surface area contributed by atoms with E-state index in [-0.39, 0.29) is 12.1 Å². The highest BCUT2D eigenvalue weighted by atomic mass is 16.3. The average Bonchev–Trinajstić information content (AvgIpc) is 2.44. The van der Waals surface area contributed by atoms with Crippen LogP contribution in [0.4, 0.5) is 4.79 Å². The maximum absolute atomic E-state index is 12.2. The summed E-state index contributed by atoms with van der Waals surface area (Å²) in [6.45, 7) is 14.3. The van der Waals surface area contributed by atoms with Crippen molar-refractivity contribution in [1.29, 1.82) is 0 Å². The van der Waals surface area contributed by atoms with Crippen LogP contribution in [0.5, 0.6) is 0 Å². The molecular formula is C16H34N4O2. The number of amides is 2. The molecule has 1 aliphatic heterocycles. The van der Waals surface area contributed by atoms with E-state index in [1.54, 1.807) is 11.8 Å². The van der Waals surface area contributed by atoms with E-state index in [2.05, 4.69) is 29.1 Å². The summed E-state index contributed by atoms with van der Waals surface area (Å²) in [5, 5.41) is 12.5. The van der Waals surface area contributed by atoms with E-state index < -0.39 is 6.10 Å². The Hall–Kier alpha value is -0.850. The third kappa shape index (κ3) is 6.94. The van der Waals surface area contributed by atoms with Crippen LogP contribution in [0.2, 0.25) is 0 Å². The van der Waals surface area contributed by atoms with Gasteiger partial charge in [-0.25, -0.2) is 4.79 Å². The van der Waals surface area contributed by atoms with Crippen molar-refractivity contribution in [2.24, 2.45) is 5.92 Å². The summed E-state index contributed by atoms with van der Waals surface area (Å²) >= 11 is 0. The lowest BCUT2D eigenvalue weighted by molar-refractivity contribution is 0.116. The second kappa shape index (κ2) is 9.33. The molecule has 1 rings (SSSR count). The summed E-state index contributed by atoms with van der Waals surface area (Å²) in [4.78, 5) is 18.7. The fourth-order valence-corrected chi connectivity index (χ4v) is 2.71. The van der Waals surface area contributed by atoms with Gasteiger partial charge in [-0.2, -0.15) is 0 Å². The Balaban J connectivity index is 2.32. The number of rotatable bonds is 7. The molecule has 22 heavy (non-hydrogen) atoms. The first kappa shape index (κ1) is 19.2. The van der Waals surface area contributed by atoms with Crippen LogP contribution in [0.1, 0.15) is 27.7 Å². The first-order valence-electron chi connectivity index (χ1n) is 8.43. The predicted molar refractivity (Wildman–Crippen MR) is 90.0 cm³/mol. The van der Waals surface area contributed by atoms with Crippen molar-refractivity contribution in [3.63, 3.8) is 0 Å². The maximum atomic E-state index is 12.2. The molecule has 0 aliphatic carbocycles. The lowest BCUT2D eigenvalue weighted by atomic mass is 10.1. The minimum absolute atomic E-state index is 0.0823. The van der Waals surface area contributed by atoms with E-state index in [1.165, 1.54) is 0 Å². The molecular weight excluding hydrogens is 280 g/mol. The van der Waals surface area contributed by atoms with Gasteiger partial charge < -0.3 is 25.1 Å². The van der Waals surface area contributed by atoms with Gasteiger partial charge in [0.05, 0.1) is 6.10 Å². The molecule has 0 radical (unpaired) electrons. The van der Waals surface area contributed by atoms with Gasteiger partial charge in [0, 0.05) is 51.9 Å². The second-order valence-electron chi connectivity index (χ2n) is 6.99. The summed E-state index contributed by atoms with van der Waals surface area (Å²) in [5.74, 6) is 0.424. The number of piperazine rings is 1. The van der Waals surface area contributed by atoms with E-state index in [4.69, 9.17) is 0 Å². The molecule has 2 amide bonds. The number of likely N-dealkylation sites (N-methyl/N-ethyl adjacent to an activating group) is 1. The number of hydrogen-bond donors (Lipinski definition) is 2. The quantitative estimate of drug-likeness (QED) is 0.725. The van der Waals surface area contributed by atoms with E-state index in [0.29, 0.717) is 19.0 Å². The largest absolute Gasteiger partial charge is 0.392 e. The lowest BCUT2D eigenvalue weighted by Crippen LogP contribution is -2.49. The van der Waals surface area contributed by atoms with Crippen molar-refractivity contribution < 1.29 is 9.90 Å². The summed E-state index contributed by atoms with van der Waals surface area (Å²) < 4.78 is 0. The van der Waals surface area contributed by atoms with Crippen molar-refractivity contribution in [2.75, 3.05) is 52.9 Å². The first-order valence-corrected chi connectivity index (χ1v) is 8.43. The third-order valence-electron chi connectivity index (χ3n) is 4.11. The number of nitrogens with zero attached hydrogens (tertiary/aromatic N) is 3. The van der Waals surface area contributed by atoms with Crippen molar-refractivity contribution in [3.05, 3.63) is 0 Å². The highest BCUT2D eigenvalue weighted by Gasteiger charge is 2.20. The average molecular weight is 314 g/mol. The predicted octanol–water partition coefficient (Wildman–Crippen LogP) is 0.671. The number of carbonyl (C=O) groups excluding carboxylic acids is 1. The molecule has 1 aliphatic rings. The Morgan fingerprint density at radius 2 is 1.77 bits per heavy atom. The molecule has 6 heteroatoms. The molecule has 2 unspecified atom stereocenters. The molecule has 0 aromatic rings. The maximum Gasteiger partial charge on any atom is 0.317 e. The van der Waals surface area contributed by atoms with Crippen LogP contribution in [0.25, 0.3) is 0 Å². The van der Waals surface area contributed by atoms with Crippen LogP contribution in [0.3, 0.4) is 0 Å². The van der Waals surface area contributed by atoms with E-state index in [0.717, 1.165) is 32.7 Å². The Morgan fingerprint density at radius 1 is 1.18 bits per heavy atom. The number of aliphatic hydroxyl groups is 1. The highest BCUT2D eigenvalue weighted by molar-refractivity contribution is 5.74. The van der Waals surface area contributed by atoms with E-state index in [9.17, 15) is 9.90 Å². The molecule has 1 heterocycles. The summed E-state index contributed by atoms with van der Waals surface area (Å²) in [5.41, 5.74) is 0. The van der Waals surface area contributed by atoms with Crippen LogP contribution in [0.15, 0.2) is 0 Å². The molecule has 1 saturated heterocycles. The van der Waals surface area contributed by atoms with Gasteiger partial charge in [0.1, 0.15) is 0 Å². The van der Waals surface area contributed by atoms with Gasteiger partial charge in [-0.3, -0.25) is 0 Å². The number of carbonyl (C=O) groups is 1. The smallest absolute Gasteiger partial charge is 0.317 e. The zero-order valence-electron chi connectivity index (χ0n) is 14.9. The fraction of sp³-hybridized carbons (Fsp3) is 0.938. The molecule has 1 fully saturated rings. The van der Waals surface area contributed by atoms with Crippen LogP contribution in [0, 0.1) is 5.92 Å². The Labute approximate surface area is 135 Å². The number of nitrogens with one attached hydrogen (secondary N) is 1. The topological polar surface area (TPSA) is 59.1 Å². The molecule has 0 bridgehead atoms. The molecule has 6 nitrogen and oxygen atoms in total. The zero-order valence-corrected chi connectivity index (χ0v) is 14.9. The van der Waals surface area contributed by atoms with E-state index >= 15 is 0 Å². The number of hydrogen-bond acceptors (Lipinski definition) is 4. The van der Waals surface area contributed by atoms with Gasteiger partial charge in [0.15, 0.2) is 0 Å². The summed E-state index contributed by atoms with van der Waals surface area (Å²) in [7, 11) is 2.16. The van der Waals surface area contributed by atoms with Gasteiger partial charge in [-0.05, 0) is 33.7 Å². The molecule has 0 spiro atoms. The Bertz CT molecular complexity index is 328. The van der Waals surface area contributed by atoms with Gasteiger partial charge in [-0.1, -0.05) is 6.92 Å². The fourth-order valence-electron chi connectivity index (χ4n) is 2.71. The van der Waals surface area contributed by atoms with Gasteiger partial charge in [-0.15, -0.1) is 0 Å². The molecule has 0 saturated carbocycles. The van der Waals surface area contributed by atoms with Crippen LogP contribution < -0.4 is 5.32 Å². The van der Waals surface area contributed by atoms with Gasteiger partial charge in [0.2, 0.25) is 0 Å². The normalized spacial score (nSPS) is 20.0. The van der Waals surface area contributed by atoms with Crippen LogP contribution in [-0.4, -0.2) is 90.8 Å². The first-order chi connectivity index (χ1) is 10.3. The van der Waals surface area contributed by atoms with Crippen molar-refractivity contribution in [3.8, 4) is 0 Å². The molecule has 130 valence electrons. The summed E-state index contributed by atoms with van der Waals surface area (Å²) in [6.07, 6.45) is -0.504.